The van der Waals surface area contributed by atoms with Crippen molar-refractivity contribution in [3.63, 3.8) is 0 Å². The molecule has 0 unspecified atom stereocenters. The van der Waals surface area contributed by atoms with Crippen molar-refractivity contribution in [1.82, 2.24) is 15.2 Å². The largest absolute Gasteiger partial charge is 0.436 e. The summed E-state index contributed by atoms with van der Waals surface area (Å²) in [5.74, 6) is 0.0799. The fourth-order valence-electron chi connectivity index (χ4n) is 3.08. The van der Waals surface area contributed by atoms with Gasteiger partial charge in [-0.25, -0.2) is 9.37 Å². The second-order valence-electron chi connectivity index (χ2n) is 6.31. The minimum absolute atomic E-state index is 0.0273. The van der Waals surface area contributed by atoms with Crippen LogP contribution in [-0.4, -0.2) is 41.5 Å². The number of halogens is 1. The van der Waals surface area contributed by atoms with Gasteiger partial charge in [0.05, 0.1) is 0 Å². The number of benzene rings is 2. The first-order valence-electron chi connectivity index (χ1n) is 8.29. The number of aromatic nitrogens is 1. The Balaban J connectivity index is 1.57. The molecular formula is C19H18FN3O2. The highest BCUT2D eigenvalue weighted by atomic mass is 19.1. The van der Waals surface area contributed by atoms with E-state index in [0.29, 0.717) is 41.7 Å². The molecule has 0 saturated carbocycles. The molecule has 1 N–H and O–H groups in total. The molecule has 0 aliphatic carbocycles. The van der Waals surface area contributed by atoms with Gasteiger partial charge in [0.25, 0.3) is 5.91 Å². The molecule has 5 nitrogen and oxygen atoms in total. The van der Waals surface area contributed by atoms with Crippen molar-refractivity contribution in [3.05, 3.63) is 53.8 Å². The monoisotopic (exact) mass is 339 g/mol. The molecule has 6 heteroatoms. The SMILES string of the molecule is C[C@H]1CN(C(=O)c2ccc(-c3nc4ccc(F)cc4o3)cc2)CCN1. The molecule has 25 heavy (non-hydrogen) atoms. The van der Waals surface area contributed by atoms with Crippen molar-refractivity contribution in [1.29, 1.82) is 0 Å². The zero-order chi connectivity index (χ0) is 17.4. The van der Waals surface area contributed by atoms with Gasteiger partial charge in [-0.1, -0.05) is 0 Å². The van der Waals surface area contributed by atoms with E-state index < -0.39 is 0 Å². The fourth-order valence-corrected chi connectivity index (χ4v) is 3.08. The Hall–Kier alpha value is -2.73. The van der Waals surface area contributed by atoms with Crippen LogP contribution in [0.2, 0.25) is 0 Å². The summed E-state index contributed by atoms with van der Waals surface area (Å²) in [6.07, 6.45) is 0. The van der Waals surface area contributed by atoms with Gasteiger partial charge in [-0.05, 0) is 43.3 Å². The molecule has 1 atom stereocenters. The molecule has 1 aliphatic rings. The number of fused-ring (bicyclic) bond motifs is 1. The quantitative estimate of drug-likeness (QED) is 0.779. The lowest BCUT2D eigenvalue weighted by Crippen LogP contribution is -2.51. The minimum atomic E-state index is -0.360. The Labute approximate surface area is 144 Å². The van der Waals surface area contributed by atoms with Crippen LogP contribution in [0.1, 0.15) is 17.3 Å². The van der Waals surface area contributed by atoms with Crippen molar-refractivity contribution < 1.29 is 13.6 Å². The molecule has 1 aliphatic heterocycles. The predicted molar refractivity (Wildman–Crippen MR) is 92.8 cm³/mol. The Morgan fingerprint density at radius 2 is 2.08 bits per heavy atom. The topological polar surface area (TPSA) is 58.4 Å². The van der Waals surface area contributed by atoms with Crippen molar-refractivity contribution >= 4 is 17.0 Å². The number of amides is 1. The first kappa shape index (κ1) is 15.8. The molecular weight excluding hydrogens is 321 g/mol. The highest BCUT2D eigenvalue weighted by molar-refractivity contribution is 5.94. The van der Waals surface area contributed by atoms with Crippen LogP contribution in [0.4, 0.5) is 4.39 Å². The number of nitrogens with zero attached hydrogens (tertiary/aromatic N) is 2. The maximum Gasteiger partial charge on any atom is 0.253 e. The van der Waals surface area contributed by atoms with Gasteiger partial charge in [0.1, 0.15) is 11.3 Å². The third-order valence-corrected chi connectivity index (χ3v) is 4.39. The van der Waals surface area contributed by atoms with Crippen LogP contribution in [0, 0.1) is 5.82 Å². The van der Waals surface area contributed by atoms with Crippen molar-refractivity contribution in [3.8, 4) is 11.5 Å². The summed E-state index contributed by atoms with van der Waals surface area (Å²) >= 11 is 0. The summed E-state index contributed by atoms with van der Waals surface area (Å²) in [5.41, 5.74) is 2.40. The number of carbonyl (C=O) groups is 1. The summed E-state index contributed by atoms with van der Waals surface area (Å²) in [4.78, 5) is 18.8. The Morgan fingerprint density at radius 3 is 2.84 bits per heavy atom. The van der Waals surface area contributed by atoms with Crippen molar-refractivity contribution in [2.45, 2.75) is 13.0 Å². The summed E-state index contributed by atoms with van der Waals surface area (Å²) in [5, 5.41) is 3.32. The third kappa shape index (κ3) is 3.13. The van der Waals surface area contributed by atoms with E-state index in [1.807, 2.05) is 4.90 Å². The van der Waals surface area contributed by atoms with Gasteiger partial charge in [-0.2, -0.15) is 0 Å². The van der Waals surface area contributed by atoms with Gasteiger partial charge in [0.2, 0.25) is 5.89 Å². The number of nitrogens with one attached hydrogen (secondary N) is 1. The van der Waals surface area contributed by atoms with Gasteiger partial charge >= 0.3 is 0 Å². The average molecular weight is 339 g/mol. The Morgan fingerprint density at radius 1 is 1.28 bits per heavy atom. The van der Waals surface area contributed by atoms with Crippen LogP contribution in [-0.2, 0) is 0 Å². The molecule has 1 amide bonds. The lowest BCUT2D eigenvalue weighted by Gasteiger charge is -2.32. The second kappa shape index (κ2) is 6.29. The zero-order valence-electron chi connectivity index (χ0n) is 13.8. The first-order valence-corrected chi connectivity index (χ1v) is 8.29. The van der Waals surface area contributed by atoms with Gasteiger partial charge in [0, 0.05) is 42.9 Å². The lowest BCUT2D eigenvalue weighted by molar-refractivity contribution is 0.0709. The highest BCUT2D eigenvalue weighted by Crippen LogP contribution is 2.25. The van der Waals surface area contributed by atoms with Crippen LogP contribution in [0.5, 0.6) is 0 Å². The maximum atomic E-state index is 13.3. The molecule has 0 spiro atoms. The first-order chi connectivity index (χ1) is 12.1. The molecule has 3 aromatic rings. The number of hydrogen-bond acceptors (Lipinski definition) is 4. The van der Waals surface area contributed by atoms with E-state index in [9.17, 15) is 9.18 Å². The fraction of sp³-hybridized carbons (Fsp3) is 0.263. The second-order valence-corrected chi connectivity index (χ2v) is 6.31. The maximum absolute atomic E-state index is 13.3. The number of rotatable bonds is 2. The van der Waals surface area contributed by atoms with E-state index in [4.69, 9.17) is 4.42 Å². The Bertz CT molecular complexity index is 920. The van der Waals surface area contributed by atoms with E-state index in [0.717, 1.165) is 12.1 Å². The lowest BCUT2D eigenvalue weighted by atomic mass is 10.1. The standard InChI is InChI=1S/C19H18FN3O2/c1-12-11-23(9-8-21-12)19(24)14-4-2-13(3-5-14)18-22-16-7-6-15(20)10-17(16)25-18/h2-7,10,12,21H,8-9,11H2,1H3/t12-/m0/s1. The van der Waals surface area contributed by atoms with E-state index in [-0.39, 0.29) is 11.7 Å². The number of oxazole rings is 1. The zero-order valence-corrected chi connectivity index (χ0v) is 13.8. The Kier molecular flexibility index (Phi) is 3.97. The molecule has 128 valence electrons. The molecule has 1 aromatic heterocycles. The van der Waals surface area contributed by atoms with Crippen LogP contribution < -0.4 is 5.32 Å². The van der Waals surface area contributed by atoms with E-state index in [1.165, 1.54) is 12.1 Å². The van der Waals surface area contributed by atoms with Gasteiger partial charge in [-0.15, -0.1) is 0 Å². The summed E-state index contributed by atoms with van der Waals surface area (Å²) in [7, 11) is 0. The summed E-state index contributed by atoms with van der Waals surface area (Å²) < 4.78 is 18.9. The molecule has 1 saturated heterocycles. The number of piperazine rings is 1. The van der Waals surface area contributed by atoms with E-state index in [2.05, 4.69) is 17.2 Å². The molecule has 4 rings (SSSR count). The van der Waals surface area contributed by atoms with Gasteiger partial charge < -0.3 is 14.6 Å². The highest BCUT2D eigenvalue weighted by Gasteiger charge is 2.21. The molecule has 1 fully saturated rings. The van der Waals surface area contributed by atoms with Crippen molar-refractivity contribution in [2.24, 2.45) is 0 Å². The summed E-state index contributed by atoms with van der Waals surface area (Å²) in [6, 6.07) is 11.7. The van der Waals surface area contributed by atoms with Crippen LogP contribution in [0.3, 0.4) is 0 Å². The van der Waals surface area contributed by atoms with Gasteiger partial charge in [-0.3, -0.25) is 4.79 Å². The molecule has 0 radical (unpaired) electrons. The van der Waals surface area contributed by atoms with Crippen LogP contribution >= 0.6 is 0 Å². The van der Waals surface area contributed by atoms with Crippen molar-refractivity contribution in [2.75, 3.05) is 19.6 Å². The molecule has 2 heterocycles. The normalized spacial score (nSPS) is 17.8. The average Bonchev–Trinajstić information content (AvgIpc) is 3.04. The summed E-state index contributed by atoms with van der Waals surface area (Å²) in [6.45, 7) is 4.29. The van der Waals surface area contributed by atoms with Crippen LogP contribution in [0.15, 0.2) is 46.9 Å². The van der Waals surface area contributed by atoms with Crippen LogP contribution in [0.25, 0.3) is 22.6 Å². The molecule has 0 bridgehead atoms. The smallest absolute Gasteiger partial charge is 0.253 e. The number of hydrogen-bond donors (Lipinski definition) is 1. The van der Waals surface area contributed by atoms with E-state index >= 15 is 0 Å². The number of carbonyl (C=O) groups excluding carboxylic acids is 1. The predicted octanol–water partition coefficient (Wildman–Crippen LogP) is 3.07. The molecule has 2 aromatic carbocycles. The van der Waals surface area contributed by atoms with Gasteiger partial charge in [0.15, 0.2) is 5.58 Å². The third-order valence-electron chi connectivity index (χ3n) is 4.39. The minimum Gasteiger partial charge on any atom is -0.436 e. The van der Waals surface area contributed by atoms with E-state index in [1.54, 1.807) is 30.3 Å².